The predicted octanol–water partition coefficient (Wildman–Crippen LogP) is -1.56. The molecule has 1 rings (SSSR count). The molecule has 0 radical (unpaired) electrons. The average Bonchev–Trinajstić information content (AvgIpc) is 2.28. The third-order valence-electron chi connectivity index (χ3n) is 2.59. The van der Waals surface area contributed by atoms with Crippen LogP contribution in [0.1, 0.15) is 19.8 Å². The van der Waals surface area contributed by atoms with Crippen molar-refractivity contribution in [2.45, 2.75) is 31.8 Å². The zero-order valence-corrected chi connectivity index (χ0v) is 9.66. The Bertz CT molecular complexity index is 309. The van der Waals surface area contributed by atoms with Crippen molar-refractivity contribution in [2.75, 3.05) is 13.1 Å². The summed E-state index contributed by atoms with van der Waals surface area (Å²) in [6.07, 6.45) is 0.457. The first kappa shape index (κ1) is 13.4. The van der Waals surface area contributed by atoms with Crippen molar-refractivity contribution < 1.29 is 19.5 Å². The van der Waals surface area contributed by atoms with Crippen molar-refractivity contribution in [1.29, 1.82) is 0 Å². The molecule has 0 aromatic carbocycles. The van der Waals surface area contributed by atoms with Crippen molar-refractivity contribution in [3.8, 4) is 0 Å². The molecule has 1 aliphatic rings. The predicted molar refractivity (Wildman–Crippen MR) is 59.3 cm³/mol. The molecule has 0 aliphatic carbocycles. The normalized spacial score (nSPS) is 21.5. The maximum absolute atomic E-state index is 11.7. The molecular weight excluding hydrogens is 226 g/mol. The molecule has 7 nitrogen and oxygen atoms in total. The van der Waals surface area contributed by atoms with Gasteiger partial charge in [-0.15, -0.1) is 0 Å². The fraction of sp³-hybridized carbons (Fsp3) is 0.700. The first-order valence-electron chi connectivity index (χ1n) is 5.55. The number of carboxylic acid groups (broad SMARTS) is 1. The van der Waals surface area contributed by atoms with E-state index < -0.39 is 12.0 Å². The van der Waals surface area contributed by atoms with Gasteiger partial charge in [-0.2, -0.15) is 0 Å². The Morgan fingerprint density at radius 2 is 2.29 bits per heavy atom. The van der Waals surface area contributed by atoms with Gasteiger partial charge < -0.3 is 15.7 Å². The van der Waals surface area contributed by atoms with Crippen molar-refractivity contribution >= 4 is 17.8 Å². The van der Waals surface area contributed by atoms with Gasteiger partial charge in [-0.25, -0.2) is 0 Å². The van der Waals surface area contributed by atoms with Crippen LogP contribution in [0, 0.1) is 0 Å². The lowest BCUT2D eigenvalue weighted by Gasteiger charge is -2.25. The molecule has 1 saturated heterocycles. The molecule has 4 N–H and O–H groups in total. The molecule has 7 heteroatoms. The maximum Gasteiger partial charge on any atom is 0.305 e. The van der Waals surface area contributed by atoms with Crippen LogP contribution in [0.5, 0.6) is 0 Å². The number of carbonyl (C=O) groups is 3. The summed E-state index contributed by atoms with van der Waals surface area (Å²) >= 11 is 0. The van der Waals surface area contributed by atoms with Crippen molar-refractivity contribution in [2.24, 2.45) is 0 Å². The van der Waals surface area contributed by atoms with Crippen molar-refractivity contribution in [3.63, 3.8) is 0 Å². The van der Waals surface area contributed by atoms with Gasteiger partial charge in [0.05, 0.1) is 13.0 Å². The molecule has 2 amide bonds. The number of aliphatic carboxylic acids is 1. The number of piperazine rings is 1. The fourth-order valence-electron chi connectivity index (χ4n) is 1.56. The zero-order valence-electron chi connectivity index (χ0n) is 9.66. The second-order valence-electron chi connectivity index (χ2n) is 3.95. The molecule has 0 aromatic heterocycles. The van der Waals surface area contributed by atoms with Gasteiger partial charge >= 0.3 is 5.97 Å². The quantitative estimate of drug-likeness (QED) is 0.467. The van der Waals surface area contributed by atoms with Crippen LogP contribution in [0.2, 0.25) is 0 Å². The van der Waals surface area contributed by atoms with E-state index in [0.29, 0.717) is 6.42 Å². The minimum absolute atomic E-state index is 0.0959. The van der Waals surface area contributed by atoms with Gasteiger partial charge in [0, 0.05) is 12.6 Å². The molecule has 0 bridgehead atoms. The van der Waals surface area contributed by atoms with Gasteiger partial charge in [-0.1, -0.05) is 6.92 Å². The Morgan fingerprint density at radius 1 is 1.59 bits per heavy atom. The van der Waals surface area contributed by atoms with Crippen molar-refractivity contribution in [3.05, 3.63) is 0 Å². The Kier molecular flexibility index (Phi) is 4.89. The lowest BCUT2D eigenvalue weighted by atomic mass is 10.1. The molecule has 1 aliphatic heterocycles. The lowest BCUT2D eigenvalue weighted by molar-refractivity contribution is -0.137. The Hall–Kier alpha value is -1.63. The maximum atomic E-state index is 11.7. The molecule has 17 heavy (non-hydrogen) atoms. The molecule has 96 valence electrons. The highest BCUT2D eigenvalue weighted by Crippen LogP contribution is 1.99. The van der Waals surface area contributed by atoms with Crippen molar-refractivity contribution in [1.82, 2.24) is 16.0 Å². The zero-order chi connectivity index (χ0) is 12.8. The molecule has 0 aromatic rings. The molecular formula is C10H17N3O4. The van der Waals surface area contributed by atoms with Gasteiger partial charge in [0.15, 0.2) is 0 Å². The van der Waals surface area contributed by atoms with Gasteiger partial charge in [-0.3, -0.25) is 19.7 Å². The average molecular weight is 243 g/mol. The van der Waals surface area contributed by atoms with Crippen LogP contribution in [0.4, 0.5) is 0 Å². The Labute approximate surface area is 98.9 Å². The number of hydrogen-bond acceptors (Lipinski definition) is 4. The van der Waals surface area contributed by atoms with Gasteiger partial charge in [0.2, 0.25) is 11.8 Å². The van der Waals surface area contributed by atoms with E-state index >= 15 is 0 Å². The highest BCUT2D eigenvalue weighted by Gasteiger charge is 2.25. The summed E-state index contributed by atoms with van der Waals surface area (Å²) in [5.41, 5.74) is 0. The first-order valence-corrected chi connectivity index (χ1v) is 5.55. The molecule has 2 atom stereocenters. The number of amides is 2. The highest BCUT2D eigenvalue weighted by atomic mass is 16.4. The summed E-state index contributed by atoms with van der Waals surface area (Å²) in [4.78, 5) is 33.2. The van der Waals surface area contributed by atoms with Gasteiger partial charge in [0.25, 0.3) is 0 Å². The van der Waals surface area contributed by atoms with E-state index in [-0.39, 0.29) is 37.4 Å². The van der Waals surface area contributed by atoms with E-state index in [1.165, 1.54) is 0 Å². The summed E-state index contributed by atoms with van der Waals surface area (Å²) in [5.74, 6) is -1.37. The highest BCUT2D eigenvalue weighted by molar-refractivity contribution is 5.87. The van der Waals surface area contributed by atoms with Crippen LogP contribution in [-0.4, -0.2) is 48.1 Å². The smallest absolute Gasteiger partial charge is 0.305 e. The van der Waals surface area contributed by atoms with E-state index in [9.17, 15) is 14.4 Å². The van der Waals surface area contributed by atoms with Gasteiger partial charge in [-0.05, 0) is 6.42 Å². The third-order valence-corrected chi connectivity index (χ3v) is 2.59. The second kappa shape index (κ2) is 6.19. The minimum Gasteiger partial charge on any atom is -0.481 e. The van der Waals surface area contributed by atoms with E-state index in [2.05, 4.69) is 16.0 Å². The number of carbonyl (C=O) groups excluding carboxylic acids is 2. The standard InChI is InChI=1S/C10H17N3O4/c1-2-6(3-9(15)16)13-10(17)7-4-12-8(14)5-11-7/h6-7,11H,2-5H2,1H3,(H,12,14)(H,13,17)(H,15,16). The summed E-state index contributed by atoms with van der Waals surface area (Å²) in [6.45, 7) is 2.14. The molecule has 1 fully saturated rings. The SMILES string of the molecule is CCC(CC(=O)O)NC(=O)C1CNC(=O)CN1. The fourth-order valence-corrected chi connectivity index (χ4v) is 1.56. The Morgan fingerprint density at radius 3 is 2.76 bits per heavy atom. The first-order chi connectivity index (χ1) is 8.02. The lowest BCUT2D eigenvalue weighted by Crippen LogP contribution is -2.59. The monoisotopic (exact) mass is 243 g/mol. The Balaban J connectivity index is 2.41. The van der Waals surface area contributed by atoms with E-state index in [1.807, 2.05) is 6.92 Å². The summed E-state index contributed by atoms with van der Waals surface area (Å²) in [7, 11) is 0. The van der Waals surface area contributed by atoms with Crippen LogP contribution in [0.3, 0.4) is 0 Å². The van der Waals surface area contributed by atoms with E-state index in [0.717, 1.165) is 0 Å². The van der Waals surface area contributed by atoms with Crippen LogP contribution in [0.15, 0.2) is 0 Å². The third kappa shape index (κ3) is 4.39. The summed E-state index contributed by atoms with van der Waals surface area (Å²) in [5, 5.41) is 16.6. The largest absolute Gasteiger partial charge is 0.481 e. The van der Waals surface area contributed by atoms with Crippen LogP contribution >= 0.6 is 0 Å². The van der Waals surface area contributed by atoms with Crippen LogP contribution in [0.25, 0.3) is 0 Å². The second-order valence-corrected chi connectivity index (χ2v) is 3.95. The number of rotatable bonds is 5. The molecule has 0 spiro atoms. The minimum atomic E-state index is -0.943. The number of nitrogens with one attached hydrogen (secondary N) is 3. The summed E-state index contributed by atoms with van der Waals surface area (Å²) < 4.78 is 0. The number of carboxylic acids is 1. The topological polar surface area (TPSA) is 108 Å². The van der Waals surface area contributed by atoms with E-state index in [4.69, 9.17) is 5.11 Å². The van der Waals surface area contributed by atoms with E-state index in [1.54, 1.807) is 0 Å². The molecule has 1 heterocycles. The van der Waals surface area contributed by atoms with Gasteiger partial charge in [0.1, 0.15) is 6.04 Å². The number of hydrogen-bond donors (Lipinski definition) is 4. The molecule has 0 saturated carbocycles. The van der Waals surface area contributed by atoms with Crippen LogP contribution in [-0.2, 0) is 14.4 Å². The summed E-state index contributed by atoms with van der Waals surface area (Å²) in [6, 6.07) is -0.866. The van der Waals surface area contributed by atoms with Crippen LogP contribution < -0.4 is 16.0 Å². The molecule has 2 unspecified atom stereocenters.